The number of ether oxygens (including phenoxy) is 1. The minimum absolute atomic E-state index is 0.0489. The van der Waals surface area contributed by atoms with Gasteiger partial charge in [-0.25, -0.2) is 9.18 Å². The highest BCUT2D eigenvalue weighted by molar-refractivity contribution is 14.1. The van der Waals surface area contributed by atoms with Crippen molar-refractivity contribution >= 4 is 40.2 Å². The molecule has 6 heteroatoms. The van der Waals surface area contributed by atoms with Crippen molar-refractivity contribution in [2.24, 2.45) is 0 Å². The molecule has 0 atom stereocenters. The number of carbonyl (C=O) groups is 2. The second-order valence-corrected chi connectivity index (χ2v) is 5.25. The molecule has 21 heavy (non-hydrogen) atoms. The molecule has 0 aliphatic carbocycles. The predicted molar refractivity (Wildman–Crippen MR) is 84.5 cm³/mol. The van der Waals surface area contributed by atoms with Crippen LogP contribution in [0.1, 0.15) is 10.4 Å². The molecule has 0 spiro atoms. The Morgan fingerprint density at radius 3 is 2.48 bits per heavy atom. The summed E-state index contributed by atoms with van der Waals surface area (Å²) in [5.41, 5.74) is 0.435. The number of halogens is 2. The fourth-order valence-corrected chi connectivity index (χ4v) is 2.19. The maximum absolute atomic E-state index is 13.3. The van der Waals surface area contributed by atoms with Crippen LogP contribution >= 0.6 is 22.6 Å². The van der Waals surface area contributed by atoms with E-state index in [0.717, 1.165) is 3.57 Å². The lowest BCUT2D eigenvalue weighted by Crippen LogP contribution is -2.21. The number of amides is 1. The highest BCUT2D eigenvalue weighted by Crippen LogP contribution is 2.14. The van der Waals surface area contributed by atoms with Crippen molar-refractivity contribution in [2.45, 2.75) is 0 Å². The number of para-hydroxylation sites is 1. The van der Waals surface area contributed by atoms with Crippen LogP contribution in [0.5, 0.6) is 0 Å². The summed E-state index contributed by atoms with van der Waals surface area (Å²) in [5, 5.41) is 2.34. The normalized spacial score (nSPS) is 10.0. The van der Waals surface area contributed by atoms with E-state index in [1.807, 2.05) is 22.6 Å². The van der Waals surface area contributed by atoms with Crippen LogP contribution in [0.2, 0.25) is 0 Å². The van der Waals surface area contributed by atoms with Crippen LogP contribution < -0.4 is 5.32 Å². The minimum atomic E-state index is -0.598. The van der Waals surface area contributed by atoms with Crippen molar-refractivity contribution in [2.75, 3.05) is 11.9 Å². The molecule has 0 saturated carbocycles. The molecule has 2 aromatic carbocycles. The van der Waals surface area contributed by atoms with E-state index in [9.17, 15) is 14.0 Å². The monoisotopic (exact) mass is 399 g/mol. The van der Waals surface area contributed by atoms with Crippen LogP contribution in [-0.2, 0) is 9.53 Å². The molecule has 0 aliphatic rings. The largest absolute Gasteiger partial charge is 0.452 e. The van der Waals surface area contributed by atoms with Gasteiger partial charge in [0, 0.05) is 3.57 Å². The molecule has 0 bridgehead atoms. The summed E-state index contributed by atoms with van der Waals surface area (Å²) in [6.45, 7) is -0.474. The third kappa shape index (κ3) is 4.25. The summed E-state index contributed by atoms with van der Waals surface area (Å²) in [6.07, 6.45) is 0. The van der Waals surface area contributed by atoms with Crippen molar-refractivity contribution in [1.82, 2.24) is 0 Å². The number of anilines is 1. The number of benzene rings is 2. The second-order valence-electron chi connectivity index (χ2n) is 4.08. The topological polar surface area (TPSA) is 55.4 Å². The van der Waals surface area contributed by atoms with Gasteiger partial charge in [0.2, 0.25) is 0 Å². The van der Waals surface area contributed by atoms with Crippen LogP contribution in [0.25, 0.3) is 0 Å². The molecule has 0 fully saturated rings. The van der Waals surface area contributed by atoms with Gasteiger partial charge in [0.1, 0.15) is 5.82 Å². The Kier molecular flexibility index (Phi) is 5.26. The van der Waals surface area contributed by atoms with Crippen molar-refractivity contribution in [1.29, 1.82) is 0 Å². The van der Waals surface area contributed by atoms with E-state index in [-0.39, 0.29) is 5.69 Å². The molecule has 0 aliphatic heterocycles. The SMILES string of the molecule is O=C(COC(=O)c1ccccc1I)Nc1ccccc1F. The minimum Gasteiger partial charge on any atom is -0.452 e. The summed E-state index contributed by atoms with van der Waals surface area (Å²) in [4.78, 5) is 23.4. The molecular formula is C15H11FINO3. The lowest BCUT2D eigenvalue weighted by Gasteiger charge is -2.08. The van der Waals surface area contributed by atoms with Crippen LogP contribution in [0, 0.1) is 9.39 Å². The van der Waals surface area contributed by atoms with Gasteiger partial charge >= 0.3 is 5.97 Å². The molecule has 4 nitrogen and oxygen atoms in total. The molecule has 0 saturated heterocycles. The molecular weight excluding hydrogens is 388 g/mol. The summed E-state index contributed by atoms with van der Waals surface area (Å²) >= 11 is 2.00. The lowest BCUT2D eigenvalue weighted by molar-refractivity contribution is -0.119. The molecule has 0 unspecified atom stereocenters. The summed E-state index contributed by atoms with van der Waals surface area (Å²) in [6, 6.07) is 12.6. The quantitative estimate of drug-likeness (QED) is 0.635. The summed E-state index contributed by atoms with van der Waals surface area (Å²) in [5.74, 6) is -1.74. The Hall–Kier alpha value is -1.96. The summed E-state index contributed by atoms with van der Waals surface area (Å²) < 4.78 is 19.0. The van der Waals surface area contributed by atoms with E-state index >= 15 is 0 Å². The van der Waals surface area contributed by atoms with Crippen LogP contribution in [0.15, 0.2) is 48.5 Å². The van der Waals surface area contributed by atoms with Crippen LogP contribution in [-0.4, -0.2) is 18.5 Å². The Labute approximate surface area is 134 Å². The van der Waals surface area contributed by atoms with Gasteiger partial charge in [0.25, 0.3) is 5.91 Å². The Bertz CT molecular complexity index is 675. The highest BCUT2D eigenvalue weighted by atomic mass is 127. The van der Waals surface area contributed by atoms with Gasteiger partial charge in [-0.2, -0.15) is 0 Å². The lowest BCUT2D eigenvalue weighted by atomic mass is 10.2. The molecule has 1 amide bonds. The van der Waals surface area contributed by atoms with Gasteiger partial charge in [-0.05, 0) is 46.9 Å². The van der Waals surface area contributed by atoms with Crippen molar-refractivity contribution in [3.63, 3.8) is 0 Å². The van der Waals surface area contributed by atoms with Gasteiger partial charge in [0.15, 0.2) is 6.61 Å². The van der Waals surface area contributed by atoms with E-state index in [2.05, 4.69) is 5.32 Å². The van der Waals surface area contributed by atoms with E-state index < -0.39 is 24.3 Å². The van der Waals surface area contributed by atoms with Gasteiger partial charge in [0.05, 0.1) is 11.3 Å². The Morgan fingerprint density at radius 1 is 1.10 bits per heavy atom. The standard InChI is InChI=1S/C15H11FINO3/c16-11-6-2-4-8-13(11)18-14(19)9-21-15(20)10-5-1-3-7-12(10)17/h1-8H,9H2,(H,18,19). The van der Waals surface area contributed by atoms with Crippen molar-refractivity contribution in [3.8, 4) is 0 Å². The zero-order valence-corrected chi connectivity index (χ0v) is 13.0. The number of esters is 1. The van der Waals surface area contributed by atoms with E-state index in [0.29, 0.717) is 5.56 Å². The van der Waals surface area contributed by atoms with Crippen LogP contribution in [0.4, 0.5) is 10.1 Å². The maximum atomic E-state index is 13.3. The first-order valence-electron chi connectivity index (χ1n) is 6.04. The average Bonchev–Trinajstić information content (AvgIpc) is 2.48. The number of hydrogen-bond acceptors (Lipinski definition) is 3. The molecule has 0 aromatic heterocycles. The maximum Gasteiger partial charge on any atom is 0.339 e. The third-order valence-corrected chi connectivity index (χ3v) is 3.52. The fraction of sp³-hybridized carbons (Fsp3) is 0.0667. The van der Waals surface area contributed by atoms with E-state index in [1.165, 1.54) is 18.2 Å². The number of carbonyl (C=O) groups excluding carboxylic acids is 2. The molecule has 2 rings (SSSR count). The molecule has 1 N–H and O–H groups in total. The van der Waals surface area contributed by atoms with Gasteiger partial charge in [-0.15, -0.1) is 0 Å². The van der Waals surface area contributed by atoms with E-state index in [4.69, 9.17) is 4.74 Å². The first kappa shape index (κ1) is 15.4. The van der Waals surface area contributed by atoms with Gasteiger partial charge < -0.3 is 10.1 Å². The molecule has 2 aromatic rings. The third-order valence-electron chi connectivity index (χ3n) is 2.58. The van der Waals surface area contributed by atoms with E-state index in [1.54, 1.807) is 30.3 Å². The van der Waals surface area contributed by atoms with Crippen LogP contribution in [0.3, 0.4) is 0 Å². The average molecular weight is 399 g/mol. The van der Waals surface area contributed by atoms with Crippen molar-refractivity contribution in [3.05, 3.63) is 63.5 Å². The number of hydrogen-bond donors (Lipinski definition) is 1. The fourth-order valence-electron chi connectivity index (χ4n) is 1.58. The summed E-state index contributed by atoms with van der Waals surface area (Å²) in [7, 11) is 0. The smallest absolute Gasteiger partial charge is 0.339 e. The second kappa shape index (κ2) is 7.16. The first-order valence-corrected chi connectivity index (χ1v) is 7.12. The number of nitrogens with one attached hydrogen (secondary N) is 1. The van der Waals surface area contributed by atoms with Gasteiger partial charge in [-0.1, -0.05) is 24.3 Å². The molecule has 0 heterocycles. The zero-order valence-electron chi connectivity index (χ0n) is 10.8. The highest BCUT2D eigenvalue weighted by Gasteiger charge is 2.13. The first-order chi connectivity index (χ1) is 10.1. The molecule has 0 radical (unpaired) electrons. The van der Waals surface area contributed by atoms with Gasteiger partial charge in [-0.3, -0.25) is 4.79 Å². The zero-order chi connectivity index (χ0) is 15.2. The Morgan fingerprint density at radius 2 is 1.76 bits per heavy atom. The van der Waals surface area contributed by atoms with Crippen molar-refractivity contribution < 1.29 is 18.7 Å². The number of rotatable bonds is 4. The molecule has 108 valence electrons. The predicted octanol–water partition coefficient (Wildman–Crippen LogP) is 3.23. The Balaban J connectivity index is 1.91.